The van der Waals surface area contributed by atoms with Gasteiger partial charge in [-0.3, -0.25) is 4.79 Å². The minimum atomic E-state index is -3.56. The molecule has 1 aliphatic heterocycles. The molecule has 1 aromatic rings. The molecule has 2 rings (SSSR count). The van der Waals surface area contributed by atoms with Crippen molar-refractivity contribution >= 4 is 15.8 Å². The van der Waals surface area contributed by atoms with Crippen LogP contribution in [0, 0.1) is 5.92 Å². The third kappa shape index (κ3) is 3.45. The van der Waals surface area contributed by atoms with E-state index in [1.165, 1.54) is 31.2 Å². The van der Waals surface area contributed by atoms with Gasteiger partial charge in [-0.15, -0.1) is 0 Å². The molecule has 0 saturated carbocycles. The van der Waals surface area contributed by atoms with Crippen molar-refractivity contribution in [2.75, 3.05) is 13.2 Å². The number of carbonyl (C=O) groups is 1. The van der Waals surface area contributed by atoms with Gasteiger partial charge in [0.25, 0.3) is 0 Å². The number of hydrogen-bond acceptors (Lipinski definition) is 4. The zero-order chi connectivity index (χ0) is 14.8. The molecule has 1 heterocycles. The van der Waals surface area contributed by atoms with Crippen molar-refractivity contribution < 1.29 is 17.9 Å². The molecule has 1 aliphatic rings. The molecule has 1 aromatic carbocycles. The van der Waals surface area contributed by atoms with Crippen LogP contribution in [0.15, 0.2) is 29.2 Å². The molecule has 1 fully saturated rings. The predicted molar refractivity (Wildman–Crippen MR) is 75.2 cm³/mol. The first-order valence-corrected chi connectivity index (χ1v) is 8.09. The number of sulfonamides is 1. The molecule has 20 heavy (non-hydrogen) atoms. The van der Waals surface area contributed by atoms with Crippen LogP contribution < -0.4 is 4.72 Å². The van der Waals surface area contributed by atoms with Crippen molar-refractivity contribution in [1.29, 1.82) is 0 Å². The molecule has 1 N–H and O–H groups in total. The summed E-state index contributed by atoms with van der Waals surface area (Å²) in [6, 6.07) is 5.80. The first-order valence-electron chi connectivity index (χ1n) is 6.61. The van der Waals surface area contributed by atoms with E-state index in [0.29, 0.717) is 18.8 Å². The summed E-state index contributed by atoms with van der Waals surface area (Å²) in [6.45, 7) is 4.57. The molecular weight excluding hydrogens is 278 g/mol. The number of ether oxygens (including phenoxy) is 1. The maximum Gasteiger partial charge on any atom is 0.240 e. The molecule has 0 aliphatic carbocycles. The van der Waals surface area contributed by atoms with Crippen LogP contribution in [-0.2, 0) is 14.8 Å². The average Bonchev–Trinajstić information content (AvgIpc) is 2.92. The van der Waals surface area contributed by atoms with Crippen molar-refractivity contribution in [2.24, 2.45) is 5.92 Å². The normalized spacial score (nSPS) is 20.8. The Morgan fingerprint density at radius 3 is 2.50 bits per heavy atom. The number of hydrogen-bond donors (Lipinski definition) is 1. The fraction of sp³-hybridized carbons (Fsp3) is 0.500. The highest BCUT2D eigenvalue weighted by Crippen LogP contribution is 2.19. The van der Waals surface area contributed by atoms with Gasteiger partial charge < -0.3 is 4.74 Å². The van der Waals surface area contributed by atoms with Gasteiger partial charge in [-0.25, -0.2) is 13.1 Å². The van der Waals surface area contributed by atoms with E-state index in [4.69, 9.17) is 4.74 Å². The minimum absolute atomic E-state index is 0.0848. The fourth-order valence-corrected chi connectivity index (χ4v) is 3.54. The zero-order valence-electron chi connectivity index (χ0n) is 11.6. The maximum absolute atomic E-state index is 12.2. The quantitative estimate of drug-likeness (QED) is 0.838. The molecule has 2 atom stereocenters. The van der Waals surface area contributed by atoms with E-state index < -0.39 is 10.0 Å². The summed E-state index contributed by atoms with van der Waals surface area (Å²) in [5.41, 5.74) is 0.501. The van der Waals surface area contributed by atoms with Gasteiger partial charge in [0, 0.05) is 24.1 Å². The Labute approximate surface area is 119 Å². The molecule has 0 radical (unpaired) electrons. The van der Waals surface area contributed by atoms with Crippen LogP contribution in [0.3, 0.4) is 0 Å². The molecule has 6 heteroatoms. The Balaban J connectivity index is 2.11. The van der Waals surface area contributed by atoms with Crippen LogP contribution >= 0.6 is 0 Å². The number of ketones is 1. The lowest BCUT2D eigenvalue weighted by Gasteiger charge is -2.19. The molecule has 110 valence electrons. The van der Waals surface area contributed by atoms with Gasteiger partial charge in [0.15, 0.2) is 5.78 Å². The molecule has 2 unspecified atom stereocenters. The molecular formula is C14H19NO4S. The predicted octanol–water partition coefficient (Wildman–Crippen LogP) is 1.59. The monoisotopic (exact) mass is 297 g/mol. The lowest BCUT2D eigenvalue weighted by atomic mass is 10.0. The van der Waals surface area contributed by atoms with Gasteiger partial charge in [-0.2, -0.15) is 0 Å². The highest BCUT2D eigenvalue weighted by Gasteiger charge is 2.26. The van der Waals surface area contributed by atoms with E-state index in [0.717, 1.165) is 6.42 Å². The summed E-state index contributed by atoms with van der Waals surface area (Å²) < 4.78 is 32.4. The minimum Gasteiger partial charge on any atom is -0.381 e. The number of Topliss-reactive ketones (excluding diaryl/α,β-unsaturated/α-hetero) is 1. The third-order valence-electron chi connectivity index (χ3n) is 3.58. The van der Waals surface area contributed by atoms with Crippen LogP contribution in [0.2, 0.25) is 0 Å². The van der Waals surface area contributed by atoms with Crippen molar-refractivity contribution in [3.05, 3.63) is 29.8 Å². The maximum atomic E-state index is 12.2. The van der Waals surface area contributed by atoms with Crippen molar-refractivity contribution in [1.82, 2.24) is 4.72 Å². The van der Waals surface area contributed by atoms with Crippen molar-refractivity contribution in [2.45, 2.75) is 31.2 Å². The Morgan fingerprint density at radius 1 is 1.35 bits per heavy atom. The molecule has 0 amide bonds. The Bertz CT molecular complexity index is 574. The Morgan fingerprint density at radius 2 is 2.00 bits per heavy atom. The number of carbonyl (C=O) groups excluding carboxylic acids is 1. The van der Waals surface area contributed by atoms with Crippen molar-refractivity contribution in [3.63, 3.8) is 0 Å². The van der Waals surface area contributed by atoms with Gasteiger partial charge in [0.2, 0.25) is 10.0 Å². The number of benzene rings is 1. The molecule has 0 bridgehead atoms. The van der Waals surface area contributed by atoms with Crippen molar-refractivity contribution in [3.8, 4) is 0 Å². The van der Waals surface area contributed by atoms with E-state index in [9.17, 15) is 13.2 Å². The molecule has 5 nitrogen and oxygen atoms in total. The highest BCUT2D eigenvalue weighted by atomic mass is 32.2. The van der Waals surface area contributed by atoms with Crippen LogP contribution in [0.25, 0.3) is 0 Å². The summed E-state index contributed by atoms with van der Waals surface area (Å²) in [5, 5.41) is 0. The van der Waals surface area contributed by atoms with E-state index in [-0.39, 0.29) is 22.6 Å². The van der Waals surface area contributed by atoms with E-state index in [1.807, 2.05) is 6.92 Å². The standard InChI is InChI=1S/C14H19NO4S/c1-10(13-7-8-19-9-13)15-20(17,18)14-5-3-12(4-6-14)11(2)16/h3-6,10,13,15H,7-9H2,1-2H3. The van der Waals surface area contributed by atoms with Gasteiger partial charge in [-0.1, -0.05) is 12.1 Å². The first kappa shape index (κ1) is 15.2. The van der Waals surface area contributed by atoms with Crippen LogP contribution in [0.5, 0.6) is 0 Å². The molecule has 0 aromatic heterocycles. The average molecular weight is 297 g/mol. The summed E-state index contributed by atoms with van der Waals surface area (Å²) in [5.74, 6) is 0.125. The number of nitrogens with one attached hydrogen (secondary N) is 1. The summed E-state index contributed by atoms with van der Waals surface area (Å²) in [6.07, 6.45) is 0.868. The summed E-state index contributed by atoms with van der Waals surface area (Å²) in [7, 11) is -3.56. The Kier molecular flexibility index (Phi) is 4.57. The van der Waals surface area contributed by atoms with Crippen LogP contribution in [-0.4, -0.2) is 33.5 Å². The molecule has 0 spiro atoms. The fourth-order valence-electron chi connectivity index (χ4n) is 2.22. The van der Waals surface area contributed by atoms with Crippen LogP contribution in [0.4, 0.5) is 0 Å². The van der Waals surface area contributed by atoms with E-state index in [1.54, 1.807) is 0 Å². The number of rotatable bonds is 5. The third-order valence-corrected chi connectivity index (χ3v) is 5.16. The highest BCUT2D eigenvalue weighted by molar-refractivity contribution is 7.89. The topological polar surface area (TPSA) is 72.5 Å². The van der Waals surface area contributed by atoms with E-state index in [2.05, 4.69) is 4.72 Å². The van der Waals surface area contributed by atoms with Gasteiger partial charge in [0.1, 0.15) is 0 Å². The second-order valence-electron chi connectivity index (χ2n) is 5.11. The van der Waals surface area contributed by atoms with Crippen LogP contribution in [0.1, 0.15) is 30.6 Å². The van der Waals surface area contributed by atoms with Gasteiger partial charge >= 0.3 is 0 Å². The Hall–Kier alpha value is -1.24. The second kappa shape index (κ2) is 6.03. The lowest BCUT2D eigenvalue weighted by Crippen LogP contribution is -2.38. The second-order valence-corrected chi connectivity index (χ2v) is 6.83. The zero-order valence-corrected chi connectivity index (χ0v) is 12.4. The van der Waals surface area contributed by atoms with Gasteiger partial charge in [-0.05, 0) is 32.4 Å². The first-order chi connectivity index (χ1) is 9.40. The van der Waals surface area contributed by atoms with Gasteiger partial charge in [0.05, 0.1) is 11.5 Å². The molecule has 1 saturated heterocycles. The van der Waals surface area contributed by atoms with E-state index >= 15 is 0 Å². The lowest BCUT2D eigenvalue weighted by molar-refractivity contribution is 0.101. The smallest absolute Gasteiger partial charge is 0.240 e. The largest absolute Gasteiger partial charge is 0.381 e. The summed E-state index contributed by atoms with van der Waals surface area (Å²) in [4.78, 5) is 11.4. The SMILES string of the molecule is CC(=O)c1ccc(S(=O)(=O)NC(C)C2CCOC2)cc1. The summed E-state index contributed by atoms with van der Waals surface area (Å²) >= 11 is 0.